The molecule has 7 heteroatoms. The molecule has 0 aliphatic carbocycles. The molecule has 1 aromatic carbocycles. The lowest BCUT2D eigenvalue weighted by atomic mass is 10.00. The highest BCUT2D eigenvalue weighted by Crippen LogP contribution is 2.26. The highest BCUT2D eigenvalue weighted by atomic mass is 16.4. The third kappa shape index (κ3) is 3.30. The maximum absolute atomic E-state index is 5.62. The molecule has 0 saturated carbocycles. The Morgan fingerprint density at radius 2 is 2.12 bits per heavy atom. The monoisotopic (exact) mass is 325 g/mol. The van der Waals surface area contributed by atoms with Gasteiger partial charge >= 0.3 is 6.01 Å². The molecule has 1 atom stereocenters. The molecule has 4 rings (SSSR count). The number of nitrogens with zero attached hydrogens (tertiary/aromatic N) is 3. The van der Waals surface area contributed by atoms with Crippen molar-refractivity contribution in [2.45, 2.75) is 25.3 Å². The van der Waals surface area contributed by atoms with E-state index >= 15 is 0 Å². The van der Waals surface area contributed by atoms with E-state index in [1.807, 2.05) is 30.3 Å². The molecule has 3 aromatic rings. The molecule has 2 aromatic heterocycles. The molecule has 1 saturated heterocycles. The summed E-state index contributed by atoms with van der Waals surface area (Å²) < 4.78 is 11.2. The highest BCUT2D eigenvalue weighted by Gasteiger charge is 2.22. The number of oxazole rings is 1. The minimum absolute atomic E-state index is 0.311. The second-order valence-electron chi connectivity index (χ2n) is 5.87. The summed E-state index contributed by atoms with van der Waals surface area (Å²) >= 11 is 0. The Labute approximate surface area is 139 Å². The van der Waals surface area contributed by atoms with Crippen LogP contribution in [0.3, 0.4) is 0 Å². The molecule has 24 heavy (non-hydrogen) atoms. The summed E-state index contributed by atoms with van der Waals surface area (Å²) in [5.41, 5.74) is 1.72. The number of benzene rings is 1. The average Bonchev–Trinajstić information content (AvgIpc) is 3.31. The topological polar surface area (TPSA) is 89.0 Å². The maximum Gasteiger partial charge on any atom is 0.316 e. The first kappa shape index (κ1) is 14.9. The van der Waals surface area contributed by atoms with Crippen LogP contribution >= 0.6 is 0 Å². The highest BCUT2D eigenvalue weighted by molar-refractivity contribution is 5.45. The molecular formula is C17H19N5O2. The quantitative estimate of drug-likeness (QED) is 0.745. The molecule has 7 nitrogen and oxygen atoms in total. The lowest BCUT2D eigenvalue weighted by Crippen LogP contribution is -2.28. The minimum Gasteiger partial charge on any atom is -0.448 e. The van der Waals surface area contributed by atoms with E-state index in [9.17, 15) is 0 Å². The molecular weight excluding hydrogens is 306 g/mol. The molecule has 0 radical (unpaired) electrons. The normalized spacial score (nSPS) is 17.8. The van der Waals surface area contributed by atoms with Gasteiger partial charge in [0.25, 0.3) is 5.89 Å². The van der Waals surface area contributed by atoms with E-state index in [1.54, 1.807) is 6.26 Å². The van der Waals surface area contributed by atoms with Gasteiger partial charge in [-0.25, -0.2) is 4.98 Å². The number of anilines is 1. The van der Waals surface area contributed by atoms with E-state index in [0.717, 1.165) is 37.4 Å². The first-order valence-electron chi connectivity index (χ1n) is 8.16. The van der Waals surface area contributed by atoms with Crippen molar-refractivity contribution in [2.75, 3.05) is 18.4 Å². The van der Waals surface area contributed by atoms with Gasteiger partial charge < -0.3 is 19.5 Å². The average molecular weight is 325 g/mol. The second-order valence-corrected chi connectivity index (χ2v) is 5.87. The number of piperidine rings is 1. The van der Waals surface area contributed by atoms with Crippen molar-refractivity contribution in [1.82, 2.24) is 20.5 Å². The van der Waals surface area contributed by atoms with Crippen LogP contribution < -0.4 is 10.6 Å². The van der Waals surface area contributed by atoms with Crippen molar-refractivity contribution >= 4 is 6.01 Å². The fourth-order valence-corrected chi connectivity index (χ4v) is 2.81. The zero-order valence-electron chi connectivity index (χ0n) is 13.2. The van der Waals surface area contributed by atoms with Crippen molar-refractivity contribution in [1.29, 1.82) is 0 Å². The standard InChI is InChI=1S/C17H19N5O2/c1-2-5-12(6-3-1)9-19-17-22-21-16(24-17)14-11-23-15(20-14)13-7-4-8-18-10-13/h1-3,5-6,11,13,18H,4,7-10H2,(H,19,22). The predicted molar refractivity (Wildman–Crippen MR) is 88.4 cm³/mol. The molecule has 0 spiro atoms. The third-order valence-corrected chi connectivity index (χ3v) is 4.10. The van der Waals surface area contributed by atoms with Crippen LogP contribution in [0.15, 0.2) is 45.4 Å². The Bertz CT molecular complexity index is 777. The van der Waals surface area contributed by atoms with E-state index in [2.05, 4.69) is 25.8 Å². The summed E-state index contributed by atoms with van der Waals surface area (Å²) in [6.45, 7) is 2.58. The van der Waals surface area contributed by atoms with Crippen LogP contribution in [-0.4, -0.2) is 28.3 Å². The van der Waals surface area contributed by atoms with Gasteiger partial charge in [0.1, 0.15) is 6.26 Å². The molecule has 0 amide bonds. The first-order chi connectivity index (χ1) is 11.9. The largest absolute Gasteiger partial charge is 0.448 e. The van der Waals surface area contributed by atoms with Crippen LogP contribution in [0.1, 0.15) is 30.2 Å². The Balaban J connectivity index is 1.42. The molecule has 1 aliphatic rings. The molecule has 1 fully saturated rings. The lowest BCUT2D eigenvalue weighted by molar-refractivity contribution is 0.376. The number of nitrogens with one attached hydrogen (secondary N) is 2. The number of rotatable bonds is 5. The summed E-state index contributed by atoms with van der Waals surface area (Å²) in [6, 6.07) is 10.4. The van der Waals surface area contributed by atoms with Gasteiger partial charge in [0.05, 0.1) is 0 Å². The van der Waals surface area contributed by atoms with Gasteiger partial charge in [-0.3, -0.25) is 0 Å². The number of hydrogen-bond acceptors (Lipinski definition) is 7. The maximum atomic E-state index is 5.62. The van der Waals surface area contributed by atoms with E-state index in [-0.39, 0.29) is 0 Å². The number of hydrogen-bond donors (Lipinski definition) is 2. The molecule has 0 bridgehead atoms. The van der Waals surface area contributed by atoms with Gasteiger partial charge in [-0.2, -0.15) is 0 Å². The minimum atomic E-state index is 0.311. The van der Waals surface area contributed by atoms with E-state index in [0.29, 0.717) is 30.1 Å². The first-order valence-corrected chi connectivity index (χ1v) is 8.16. The van der Waals surface area contributed by atoms with Crippen molar-refractivity contribution in [3.05, 3.63) is 48.0 Å². The van der Waals surface area contributed by atoms with Gasteiger partial charge in [0.2, 0.25) is 0 Å². The Morgan fingerprint density at radius 1 is 1.21 bits per heavy atom. The second kappa shape index (κ2) is 6.84. The zero-order valence-corrected chi connectivity index (χ0v) is 13.2. The van der Waals surface area contributed by atoms with Crippen molar-refractivity contribution in [3.8, 4) is 11.6 Å². The third-order valence-electron chi connectivity index (χ3n) is 4.10. The Hall–Kier alpha value is -2.67. The van der Waals surface area contributed by atoms with Crippen LogP contribution in [0, 0.1) is 0 Å². The van der Waals surface area contributed by atoms with Gasteiger partial charge in [0.15, 0.2) is 11.6 Å². The Morgan fingerprint density at radius 3 is 2.96 bits per heavy atom. The Kier molecular flexibility index (Phi) is 4.24. The predicted octanol–water partition coefficient (Wildman–Crippen LogP) is 2.80. The molecule has 2 N–H and O–H groups in total. The summed E-state index contributed by atoms with van der Waals surface area (Å²) in [6.07, 6.45) is 3.80. The molecule has 1 aliphatic heterocycles. The SMILES string of the molecule is c1ccc(CNc2nnc(-c3coc(C4CCCNC4)n3)o2)cc1. The van der Waals surface area contributed by atoms with Crippen molar-refractivity contribution in [2.24, 2.45) is 0 Å². The van der Waals surface area contributed by atoms with E-state index < -0.39 is 0 Å². The smallest absolute Gasteiger partial charge is 0.316 e. The van der Waals surface area contributed by atoms with Crippen LogP contribution in [-0.2, 0) is 6.54 Å². The molecule has 124 valence electrons. The molecule has 1 unspecified atom stereocenters. The van der Waals surface area contributed by atoms with Crippen LogP contribution in [0.2, 0.25) is 0 Å². The number of aromatic nitrogens is 3. The summed E-state index contributed by atoms with van der Waals surface area (Å²) in [5, 5.41) is 14.5. The fraction of sp³-hybridized carbons (Fsp3) is 0.353. The zero-order chi connectivity index (χ0) is 16.2. The van der Waals surface area contributed by atoms with Gasteiger partial charge in [-0.1, -0.05) is 35.4 Å². The van der Waals surface area contributed by atoms with Gasteiger partial charge in [-0.05, 0) is 24.9 Å². The van der Waals surface area contributed by atoms with Crippen LogP contribution in [0.4, 0.5) is 6.01 Å². The summed E-state index contributed by atoms with van der Waals surface area (Å²) in [5.74, 6) is 1.41. The fourth-order valence-electron chi connectivity index (χ4n) is 2.81. The van der Waals surface area contributed by atoms with Crippen molar-refractivity contribution in [3.63, 3.8) is 0 Å². The summed E-state index contributed by atoms with van der Waals surface area (Å²) in [4.78, 5) is 4.51. The lowest BCUT2D eigenvalue weighted by Gasteiger charge is -2.19. The van der Waals surface area contributed by atoms with Crippen LogP contribution in [0.5, 0.6) is 0 Å². The van der Waals surface area contributed by atoms with E-state index in [4.69, 9.17) is 8.83 Å². The van der Waals surface area contributed by atoms with Crippen LogP contribution in [0.25, 0.3) is 11.6 Å². The molecule has 3 heterocycles. The van der Waals surface area contributed by atoms with Crippen molar-refractivity contribution < 1.29 is 8.83 Å². The summed E-state index contributed by atoms with van der Waals surface area (Å²) in [7, 11) is 0. The van der Waals surface area contributed by atoms with E-state index in [1.165, 1.54) is 0 Å². The van der Waals surface area contributed by atoms with Gasteiger partial charge in [-0.15, -0.1) is 5.10 Å². The van der Waals surface area contributed by atoms with Gasteiger partial charge in [0, 0.05) is 19.0 Å².